The van der Waals surface area contributed by atoms with Crippen LogP contribution in [0, 0.1) is 5.92 Å². The Balaban J connectivity index is 2.32. The fourth-order valence-electron chi connectivity index (χ4n) is 3.05. The van der Waals surface area contributed by atoms with Crippen LogP contribution in [-0.4, -0.2) is 29.3 Å². The second kappa shape index (κ2) is 6.74. The molecule has 0 bridgehead atoms. The van der Waals surface area contributed by atoms with Gasteiger partial charge in [-0.25, -0.2) is 0 Å². The maximum absolute atomic E-state index is 12.9. The third-order valence-corrected chi connectivity index (χ3v) is 4.14. The lowest BCUT2D eigenvalue weighted by molar-refractivity contribution is -0.136. The smallest absolute Gasteiger partial charge is 0.250 e. The third-order valence-electron chi connectivity index (χ3n) is 4.14. The van der Waals surface area contributed by atoms with Crippen molar-refractivity contribution in [3.63, 3.8) is 0 Å². The van der Waals surface area contributed by atoms with Crippen LogP contribution in [0.25, 0.3) is 0 Å². The average Bonchev–Trinajstić information content (AvgIpc) is 2.62. The monoisotopic (exact) mass is 288 g/mol. The molecule has 4 heteroatoms. The summed E-state index contributed by atoms with van der Waals surface area (Å²) < 4.78 is 0. The molecule has 1 saturated heterocycles. The molecule has 1 aliphatic rings. The molecule has 2 unspecified atom stereocenters. The highest BCUT2D eigenvalue weighted by Crippen LogP contribution is 2.24. The van der Waals surface area contributed by atoms with Gasteiger partial charge in [0.25, 0.3) is 0 Å². The molecule has 1 aromatic rings. The first-order valence-corrected chi connectivity index (χ1v) is 7.69. The van der Waals surface area contributed by atoms with Crippen molar-refractivity contribution in [1.29, 1.82) is 0 Å². The number of hydrogen-bond donors (Lipinski definition) is 1. The number of nitrogens with zero attached hydrogens (tertiary/aromatic N) is 1. The van der Waals surface area contributed by atoms with E-state index in [4.69, 9.17) is 0 Å². The molecule has 1 aromatic carbocycles. The van der Waals surface area contributed by atoms with Crippen molar-refractivity contribution in [2.45, 2.75) is 45.7 Å². The first-order valence-electron chi connectivity index (χ1n) is 7.69. The van der Waals surface area contributed by atoms with E-state index in [2.05, 4.69) is 26.1 Å². The predicted octanol–water partition coefficient (Wildman–Crippen LogP) is 2.51. The molecule has 2 atom stereocenters. The first-order chi connectivity index (χ1) is 10.0. The van der Waals surface area contributed by atoms with Gasteiger partial charge in [-0.3, -0.25) is 9.59 Å². The van der Waals surface area contributed by atoms with E-state index in [0.29, 0.717) is 18.9 Å². The van der Waals surface area contributed by atoms with Crippen LogP contribution in [0.3, 0.4) is 0 Å². The Hall–Kier alpha value is -1.84. The largest absolute Gasteiger partial charge is 0.340 e. The van der Waals surface area contributed by atoms with E-state index in [1.165, 1.54) is 0 Å². The molecular formula is C17H24N2O2. The molecular weight excluding hydrogens is 264 g/mol. The number of carbonyl (C=O) groups excluding carboxylic acids is 2. The zero-order chi connectivity index (χ0) is 15.4. The van der Waals surface area contributed by atoms with Gasteiger partial charge in [-0.2, -0.15) is 0 Å². The number of hydrogen-bond acceptors (Lipinski definition) is 2. The summed E-state index contributed by atoms with van der Waals surface area (Å²) in [6.45, 7) is 6.85. The molecule has 4 nitrogen and oxygen atoms in total. The molecule has 1 fully saturated rings. The lowest BCUT2D eigenvalue weighted by atomic mass is 9.98. The number of rotatable bonds is 4. The first kappa shape index (κ1) is 15.5. The van der Waals surface area contributed by atoms with E-state index in [0.717, 1.165) is 12.0 Å². The van der Waals surface area contributed by atoms with Gasteiger partial charge in [0.05, 0.1) is 0 Å². The molecule has 0 radical (unpaired) electrons. The van der Waals surface area contributed by atoms with Crippen LogP contribution in [0.2, 0.25) is 0 Å². The van der Waals surface area contributed by atoms with Gasteiger partial charge in [0.1, 0.15) is 6.04 Å². The van der Waals surface area contributed by atoms with E-state index in [1.54, 1.807) is 0 Å². The van der Waals surface area contributed by atoms with Crippen LogP contribution in [0.4, 0.5) is 0 Å². The Morgan fingerprint density at radius 3 is 2.48 bits per heavy atom. The molecule has 2 amide bonds. The lowest BCUT2D eigenvalue weighted by Gasteiger charge is -2.34. The summed E-state index contributed by atoms with van der Waals surface area (Å²) in [7, 11) is 0. The highest BCUT2D eigenvalue weighted by atomic mass is 16.2. The molecule has 21 heavy (non-hydrogen) atoms. The summed E-state index contributed by atoms with van der Waals surface area (Å²) in [5, 5.41) is 2.86. The molecule has 1 N–H and O–H groups in total. The highest BCUT2D eigenvalue weighted by Gasteiger charge is 2.34. The van der Waals surface area contributed by atoms with Gasteiger partial charge in [-0.15, -0.1) is 0 Å². The third kappa shape index (κ3) is 3.43. The van der Waals surface area contributed by atoms with Crippen molar-refractivity contribution in [1.82, 2.24) is 10.2 Å². The second-order valence-electron chi connectivity index (χ2n) is 5.91. The Labute approximate surface area is 126 Å². The topological polar surface area (TPSA) is 49.4 Å². The minimum Gasteiger partial charge on any atom is -0.340 e. The molecule has 0 aromatic heterocycles. The number of benzene rings is 1. The Bertz CT molecular complexity index is 499. The number of nitrogens with one attached hydrogen (secondary N) is 1. The summed E-state index contributed by atoms with van der Waals surface area (Å²) >= 11 is 0. The van der Waals surface area contributed by atoms with Gasteiger partial charge in [-0.1, -0.05) is 51.1 Å². The number of carbonyl (C=O) groups is 2. The fourth-order valence-corrected chi connectivity index (χ4v) is 3.05. The summed E-state index contributed by atoms with van der Waals surface area (Å²) in [5.41, 5.74) is 0.848. The second-order valence-corrected chi connectivity index (χ2v) is 5.91. The fraction of sp³-hybridized carbons (Fsp3) is 0.529. The highest BCUT2D eigenvalue weighted by molar-refractivity contribution is 5.91. The van der Waals surface area contributed by atoms with Crippen molar-refractivity contribution in [3.05, 3.63) is 35.9 Å². The zero-order valence-electron chi connectivity index (χ0n) is 13.0. The predicted molar refractivity (Wildman–Crippen MR) is 82.6 cm³/mol. The van der Waals surface area contributed by atoms with E-state index in [-0.39, 0.29) is 17.9 Å². The van der Waals surface area contributed by atoms with E-state index >= 15 is 0 Å². The van der Waals surface area contributed by atoms with Crippen molar-refractivity contribution in [2.24, 2.45) is 5.92 Å². The SMILES string of the molecule is CCC(C(C)C)N1CCC(=O)NC(c2ccccc2)C1=O. The Morgan fingerprint density at radius 2 is 1.90 bits per heavy atom. The average molecular weight is 288 g/mol. The van der Waals surface area contributed by atoms with Gasteiger partial charge < -0.3 is 10.2 Å². The lowest BCUT2D eigenvalue weighted by Crippen LogP contribution is -2.46. The maximum Gasteiger partial charge on any atom is 0.250 e. The summed E-state index contributed by atoms with van der Waals surface area (Å²) in [6.07, 6.45) is 1.28. The Morgan fingerprint density at radius 1 is 1.24 bits per heavy atom. The summed E-state index contributed by atoms with van der Waals surface area (Å²) in [4.78, 5) is 26.7. The van der Waals surface area contributed by atoms with Crippen LogP contribution in [0.1, 0.15) is 45.2 Å². The molecule has 0 saturated carbocycles. The maximum atomic E-state index is 12.9. The van der Waals surface area contributed by atoms with Gasteiger partial charge in [0, 0.05) is 19.0 Å². The number of amides is 2. The quantitative estimate of drug-likeness (QED) is 0.925. The van der Waals surface area contributed by atoms with E-state index < -0.39 is 6.04 Å². The van der Waals surface area contributed by atoms with Crippen molar-refractivity contribution in [3.8, 4) is 0 Å². The normalized spacial score (nSPS) is 21.1. The molecule has 0 aliphatic carbocycles. The molecule has 2 rings (SSSR count). The van der Waals surface area contributed by atoms with Crippen LogP contribution in [0.15, 0.2) is 30.3 Å². The molecule has 1 heterocycles. The van der Waals surface area contributed by atoms with Crippen LogP contribution in [-0.2, 0) is 9.59 Å². The van der Waals surface area contributed by atoms with E-state index in [9.17, 15) is 9.59 Å². The summed E-state index contributed by atoms with van der Waals surface area (Å²) in [5.74, 6) is 0.328. The minimum atomic E-state index is -0.561. The molecule has 0 spiro atoms. The van der Waals surface area contributed by atoms with Gasteiger partial charge in [-0.05, 0) is 17.9 Å². The van der Waals surface area contributed by atoms with Gasteiger partial charge in [0.2, 0.25) is 11.8 Å². The zero-order valence-corrected chi connectivity index (χ0v) is 13.0. The van der Waals surface area contributed by atoms with Crippen LogP contribution >= 0.6 is 0 Å². The minimum absolute atomic E-state index is 0.00704. The molecule has 114 valence electrons. The van der Waals surface area contributed by atoms with Crippen molar-refractivity contribution in [2.75, 3.05) is 6.54 Å². The Kier molecular flexibility index (Phi) is 4.99. The van der Waals surface area contributed by atoms with Gasteiger partial charge in [0.15, 0.2) is 0 Å². The van der Waals surface area contributed by atoms with E-state index in [1.807, 2.05) is 35.2 Å². The van der Waals surface area contributed by atoms with Crippen LogP contribution < -0.4 is 5.32 Å². The van der Waals surface area contributed by atoms with Crippen molar-refractivity contribution < 1.29 is 9.59 Å². The standard InChI is InChI=1S/C17H24N2O2/c1-4-14(12(2)3)19-11-10-15(20)18-16(17(19)21)13-8-6-5-7-9-13/h5-9,12,14,16H,4,10-11H2,1-3H3,(H,18,20). The van der Waals surface area contributed by atoms with Gasteiger partial charge >= 0.3 is 0 Å². The molecule has 1 aliphatic heterocycles. The van der Waals surface area contributed by atoms with Crippen molar-refractivity contribution >= 4 is 11.8 Å². The van der Waals surface area contributed by atoms with Crippen LogP contribution in [0.5, 0.6) is 0 Å². The summed E-state index contributed by atoms with van der Waals surface area (Å²) in [6, 6.07) is 9.09.